The molecule has 0 rings (SSSR count). The number of hydrazine groups is 1. The molecule has 6 heteroatoms. The summed E-state index contributed by atoms with van der Waals surface area (Å²) in [7, 11) is 1.73. The van der Waals surface area contributed by atoms with Crippen molar-refractivity contribution in [1.82, 2.24) is 11.0 Å². The largest absolute Gasteiger partial charge is 0.402 e. The number of allylic oxidation sites excluding steroid dienone is 2. The summed E-state index contributed by atoms with van der Waals surface area (Å²) in [4.78, 5) is 20.1. The average Bonchev–Trinajstić information content (AvgIpc) is 2.48. The summed E-state index contributed by atoms with van der Waals surface area (Å²) >= 11 is 0. The molecule has 0 spiro atoms. The predicted molar refractivity (Wildman–Crippen MR) is 91.9 cm³/mol. The van der Waals surface area contributed by atoms with Crippen LogP contribution in [0.15, 0.2) is 16.9 Å². The first-order chi connectivity index (χ1) is 9.97. The lowest BCUT2D eigenvalue weighted by Crippen LogP contribution is -2.23. The van der Waals surface area contributed by atoms with E-state index >= 15 is 0 Å². The molecule has 0 aliphatic carbocycles. The number of nitrogens with one attached hydrogen (secondary N) is 2. The Bertz CT molecular complexity index is 283. The number of hydrogen-bond acceptors (Lipinski definition) is 6. The maximum Gasteiger partial charge on any atom is 0.144 e. The van der Waals surface area contributed by atoms with Crippen LogP contribution in [0.2, 0.25) is 0 Å². The van der Waals surface area contributed by atoms with Crippen molar-refractivity contribution in [3.63, 3.8) is 0 Å². The van der Waals surface area contributed by atoms with E-state index in [0.29, 0.717) is 18.4 Å². The van der Waals surface area contributed by atoms with Gasteiger partial charge in [0, 0.05) is 24.9 Å². The number of Topliss-reactive ketones (excluding diaryl/α,β-unsaturated/α-hetero) is 1. The third-order valence-corrected chi connectivity index (χ3v) is 1.52. The van der Waals surface area contributed by atoms with Crippen molar-refractivity contribution in [2.24, 2.45) is 10.8 Å². The Hall–Kier alpha value is -1.69. The number of aldehydes is 1. The monoisotopic (exact) mass is 302 g/mol. The standard InChI is InChI=1S/C7H15N3O.C4H7NO.2C2H6/c1-4-7(5-6(2)11)9-10-8-3;1-4(5)2-3-6;2*1-2/h8,10H,4-5H2,1-3H3;2-3H,5H2,1H3;2*1-2H3/b9-7+;4-2-;;. The molecule has 0 unspecified atom stereocenters. The van der Waals surface area contributed by atoms with E-state index in [2.05, 4.69) is 16.1 Å². The molecule has 0 fully saturated rings. The van der Waals surface area contributed by atoms with Gasteiger partial charge in [-0.3, -0.25) is 9.59 Å². The van der Waals surface area contributed by atoms with Crippen molar-refractivity contribution >= 4 is 17.8 Å². The second-order valence-corrected chi connectivity index (χ2v) is 3.32. The molecule has 21 heavy (non-hydrogen) atoms. The summed E-state index contributed by atoms with van der Waals surface area (Å²) in [6, 6.07) is 0. The van der Waals surface area contributed by atoms with Gasteiger partial charge in [0.05, 0.1) is 0 Å². The highest BCUT2D eigenvalue weighted by atomic mass is 16.1. The zero-order chi connectivity index (χ0) is 17.7. The lowest BCUT2D eigenvalue weighted by atomic mass is 10.2. The van der Waals surface area contributed by atoms with Crippen LogP contribution in [0.4, 0.5) is 0 Å². The summed E-state index contributed by atoms with van der Waals surface area (Å²) in [5, 5.41) is 3.94. The molecule has 0 atom stereocenters. The lowest BCUT2D eigenvalue weighted by molar-refractivity contribution is -0.115. The van der Waals surface area contributed by atoms with Gasteiger partial charge in [0.1, 0.15) is 12.1 Å². The number of carbonyl (C=O) groups excluding carboxylic acids is 2. The lowest BCUT2D eigenvalue weighted by Gasteiger charge is -2.00. The number of hydrazone groups is 1. The molecule has 0 aromatic heterocycles. The summed E-state index contributed by atoms with van der Waals surface area (Å²) < 4.78 is 0. The molecule has 6 nitrogen and oxygen atoms in total. The molecule has 0 saturated carbocycles. The fourth-order valence-corrected chi connectivity index (χ4v) is 0.773. The van der Waals surface area contributed by atoms with Crippen molar-refractivity contribution in [3.05, 3.63) is 11.8 Å². The van der Waals surface area contributed by atoms with Gasteiger partial charge in [-0.05, 0) is 26.3 Å². The fraction of sp³-hybridized carbons (Fsp3) is 0.667. The van der Waals surface area contributed by atoms with Crippen molar-refractivity contribution in [2.75, 3.05) is 7.05 Å². The smallest absolute Gasteiger partial charge is 0.144 e. The third-order valence-electron chi connectivity index (χ3n) is 1.52. The first-order valence-electron chi connectivity index (χ1n) is 7.32. The normalized spacial score (nSPS) is 9.71. The molecule has 0 bridgehead atoms. The molecule has 126 valence electrons. The highest BCUT2D eigenvalue weighted by molar-refractivity contribution is 6.00. The van der Waals surface area contributed by atoms with E-state index in [1.807, 2.05) is 34.6 Å². The van der Waals surface area contributed by atoms with E-state index in [9.17, 15) is 9.59 Å². The second kappa shape index (κ2) is 26.8. The van der Waals surface area contributed by atoms with E-state index in [4.69, 9.17) is 5.73 Å². The maximum absolute atomic E-state index is 10.6. The molecule has 0 aromatic rings. The molecule has 0 radical (unpaired) electrons. The van der Waals surface area contributed by atoms with Gasteiger partial charge in [0.15, 0.2) is 0 Å². The van der Waals surface area contributed by atoms with Gasteiger partial charge in [-0.15, -0.1) is 0 Å². The summed E-state index contributed by atoms with van der Waals surface area (Å²) in [6.07, 6.45) is 3.20. The van der Waals surface area contributed by atoms with Crippen LogP contribution in [0, 0.1) is 0 Å². The number of ketones is 1. The minimum absolute atomic E-state index is 0.142. The van der Waals surface area contributed by atoms with Crippen LogP contribution in [0.5, 0.6) is 0 Å². The highest BCUT2D eigenvalue weighted by Gasteiger charge is 1.99. The van der Waals surface area contributed by atoms with Crippen LogP contribution in [-0.4, -0.2) is 24.8 Å². The SMILES string of the molecule is C/C(N)=C/C=O.CC.CC.CC/C(CC(C)=O)=N\NNC. The van der Waals surface area contributed by atoms with Crippen LogP contribution in [-0.2, 0) is 9.59 Å². The highest BCUT2D eigenvalue weighted by Crippen LogP contribution is 1.92. The van der Waals surface area contributed by atoms with Crippen molar-refractivity contribution < 1.29 is 9.59 Å². The van der Waals surface area contributed by atoms with Crippen LogP contribution in [0.25, 0.3) is 0 Å². The van der Waals surface area contributed by atoms with Crippen LogP contribution >= 0.6 is 0 Å². The van der Waals surface area contributed by atoms with Gasteiger partial charge in [-0.1, -0.05) is 34.6 Å². The molecule has 0 aliphatic rings. The number of nitrogens with two attached hydrogens (primary N) is 1. The quantitative estimate of drug-likeness (QED) is 0.303. The first-order valence-corrected chi connectivity index (χ1v) is 7.32. The minimum Gasteiger partial charge on any atom is -0.402 e. The zero-order valence-electron chi connectivity index (χ0n) is 14.9. The van der Waals surface area contributed by atoms with Gasteiger partial charge in [-0.25, -0.2) is 11.0 Å². The molecule has 0 amide bonds. The van der Waals surface area contributed by atoms with Gasteiger partial charge in [0.2, 0.25) is 0 Å². The Balaban J connectivity index is -0.000000122. The average molecular weight is 302 g/mol. The predicted octanol–water partition coefficient (Wildman–Crippen LogP) is 2.56. The Morgan fingerprint density at radius 2 is 1.67 bits per heavy atom. The van der Waals surface area contributed by atoms with Crippen molar-refractivity contribution in [3.8, 4) is 0 Å². The Labute approximate surface area is 130 Å². The minimum atomic E-state index is 0.142. The molecular weight excluding hydrogens is 268 g/mol. The maximum atomic E-state index is 10.6. The Morgan fingerprint density at radius 1 is 1.19 bits per heavy atom. The van der Waals surface area contributed by atoms with Gasteiger partial charge in [0.25, 0.3) is 0 Å². The molecular formula is C15H34N4O2. The van der Waals surface area contributed by atoms with E-state index in [0.717, 1.165) is 12.1 Å². The zero-order valence-corrected chi connectivity index (χ0v) is 14.9. The number of rotatable bonds is 6. The topological polar surface area (TPSA) is 96.6 Å². The number of nitrogens with zero attached hydrogens (tertiary/aromatic N) is 1. The molecule has 4 N–H and O–H groups in total. The molecule has 0 aromatic carbocycles. The summed E-state index contributed by atoms with van der Waals surface area (Å²) in [5.74, 6) is 0.142. The number of hydrogen-bond donors (Lipinski definition) is 3. The van der Waals surface area contributed by atoms with E-state index in [1.54, 1.807) is 20.9 Å². The fourth-order valence-electron chi connectivity index (χ4n) is 0.773. The number of carbonyl (C=O) groups is 2. The summed E-state index contributed by atoms with van der Waals surface area (Å²) in [5.41, 5.74) is 11.7. The Kier molecular flexibility index (Phi) is 35.2. The molecule has 0 heterocycles. The van der Waals surface area contributed by atoms with E-state index < -0.39 is 0 Å². The van der Waals surface area contributed by atoms with Crippen molar-refractivity contribution in [1.29, 1.82) is 0 Å². The van der Waals surface area contributed by atoms with Crippen LogP contribution < -0.4 is 16.7 Å². The first kappa shape index (κ1) is 27.6. The Morgan fingerprint density at radius 3 is 1.86 bits per heavy atom. The second-order valence-electron chi connectivity index (χ2n) is 3.32. The summed E-state index contributed by atoms with van der Waals surface area (Å²) in [6.45, 7) is 13.2. The van der Waals surface area contributed by atoms with Gasteiger partial charge < -0.3 is 5.73 Å². The molecule has 0 aliphatic heterocycles. The van der Waals surface area contributed by atoms with Gasteiger partial charge in [-0.2, -0.15) is 5.10 Å². The van der Waals surface area contributed by atoms with Crippen LogP contribution in [0.3, 0.4) is 0 Å². The van der Waals surface area contributed by atoms with E-state index in [-0.39, 0.29) is 5.78 Å². The van der Waals surface area contributed by atoms with Crippen LogP contribution in [0.1, 0.15) is 61.3 Å². The van der Waals surface area contributed by atoms with Crippen molar-refractivity contribution in [2.45, 2.75) is 61.3 Å². The molecule has 0 saturated heterocycles. The van der Waals surface area contributed by atoms with Gasteiger partial charge >= 0.3 is 0 Å². The third kappa shape index (κ3) is 38.1. The van der Waals surface area contributed by atoms with E-state index in [1.165, 1.54) is 6.08 Å².